The highest BCUT2D eigenvalue weighted by atomic mass is 35.5. The second kappa shape index (κ2) is 10.8. The first kappa shape index (κ1) is 25.3. The topological polar surface area (TPSA) is 84.9 Å². The van der Waals surface area contributed by atoms with Gasteiger partial charge in [-0.25, -0.2) is 0 Å². The van der Waals surface area contributed by atoms with Gasteiger partial charge >= 0.3 is 5.97 Å². The maximum Gasteiger partial charge on any atom is 0.311 e. The van der Waals surface area contributed by atoms with Crippen molar-refractivity contribution in [2.75, 3.05) is 23.4 Å². The third-order valence-electron chi connectivity index (χ3n) is 6.12. The summed E-state index contributed by atoms with van der Waals surface area (Å²) in [5.41, 5.74) is 4.40. The number of carbonyl (C=O) groups is 3. The van der Waals surface area contributed by atoms with Gasteiger partial charge in [0.15, 0.2) is 6.61 Å². The molecule has 0 aliphatic carbocycles. The Morgan fingerprint density at radius 3 is 2.33 bits per heavy atom. The van der Waals surface area contributed by atoms with E-state index in [4.69, 9.17) is 21.1 Å². The molecular formula is C28H27ClN2O5. The van der Waals surface area contributed by atoms with Gasteiger partial charge in [-0.15, -0.1) is 0 Å². The number of nitrogens with zero attached hydrogens (tertiary/aromatic N) is 1. The van der Waals surface area contributed by atoms with Crippen molar-refractivity contribution < 1.29 is 23.9 Å². The maximum absolute atomic E-state index is 12.6. The van der Waals surface area contributed by atoms with E-state index in [1.807, 2.05) is 39.0 Å². The van der Waals surface area contributed by atoms with Crippen LogP contribution in [0.25, 0.3) is 0 Å². The van der Waals surface area contributed by atoms with Gasteiger partial charge in [0.1, 0.15) is 11.5 Å². The lowest BCUT2D eigenvalue weighted by Gasteiger charge is -2.17. The number of aryl methyl sites for hydroxylation is 3. The molecule has 1 heterocycles. The molecule has 1 aliphatic heterocycles. The molecule has 186 valence electrons. The minimum Gasteiger partial charge on any atom is -0.457 e. The molecule has 0 aromatic heterocycles. The molecule has 3 aromatic carbocycles. The summed E-state index contributed by atoms with van der Waals surface area (Å²) in [5, 5.41) is 3.16. The smallest absolute Gasteiger partial charge is 0.311 e. The number of halogens is 1. The Kier molecular flexibility index (Phi) is 7.60. The van der Waals surface area contributed by atoms with E-state index >= 15 is 0 Å². The predicted octanol–water partition coefficient (Wildman–Crippen LogP) is 5.59. The number of anilines is 2. The molecule has 0 spiro atoms. The zero-order valence-corrected chi connectivity index (χ0v) is 21.1. The number of rotatable bonds is 7. The molecule has 0 bridgehead atoms. The van der Waals surface area contributed by atoms with Crippen LogP contribution in [0.15, 0.2) is 60.7 Å². The third-order valence-corrected chi connectivity index (χ3v) is 6.53. The monoisotopic (exact) mass is 506 g/mol. The Bertz CT molecular complexity index is 1310. The molecule has 3 aromatic rings. The fraction of sp³-hybridized carbons (Fsp3) is 0.250. The molecule has 1 fully saturated rings. The van der Waals surface area contributed by atoms with Gasteiger partial charge in [0.2, 0.25) is 5.91 Å². The minimum absolute atomic E-state index is 0.0227. The molecule has 0 saturated carbocycles. The minimum atomic E-state index is -0.648. The number of carbonyl (C=O) groups excluding carboxylic acids is 3. The third kappa shape index (κ3) is 6.04. The highest BCUT2D eigenvalue weighted by molar-refractivity contribution is 6.31. The number of amides is 2. The van der Waals surface area contributed by atoms with Crippen LogP contribution in [0.4, 0.5) is 11.4 Å². The van der Waals surface area contributed by atoms with Crippen molar-refractivity contribution >= 4 is 40.8 Å². The van der Waals surface area contributed by atoms with Crippen molar-refractivity contribution in [3.05, 3.63) is 82.4 Å². The van der Waals surface area contributed by atoms with E-state index in [1.54, 1.807) is 47.4 Å². The van der Waals surface area contributed by atoms with Gasteiger partial charge in [0.25, 0.3) is 5.91 Å². The van der Waals surface area contributed by atoms with Crippen molar-refractivity contribution in [2.24, 2.45) is 5.92 Å². The fourth-order valence-corrected chi connectivity index (χ4v) is 4.03. The van der Waals surface area contributed by atoms with Crippen LogP contribution in [0.3, 0.4) is 0 Å². The van der Waals surface area contributed by atoms with Crippen LogP contribution in [0.2, 0.25) is 5.02 Å². The first-order valence-electron chi connectivity index (χ1n) is 11.6. The Morgan fingerprint density at radius 1 is 0.944 bits per heavy atom. The zero-order chi connectivity index (χ0) is 25.8. The molecule has 8 heteroatoms. The summed E-state index contributed by atoms with van der Waals surface area (Å²) < 4.78 is 11.1. The summed E-state index contributed by atoms with van der Waals surface area (Å²) in [6, 6.07) is 18.1. The average molecular weight is 507 g/mol. The Balaban J connectivity index is 1.30. The van der Waals surface area contributed by atoms with Crippen LogP contribution in [-0.4, -0.2) is 30.9 Å². The van der Waals surface area contributed by atoms with Gasteiger partial charge in [-0.3, -0.25) is 14.4 Å². The second-order valence-electron chi connectivity index (χ2n) is 8.87. The lowest BCUT2D eigenvalue weighted by molar-refractivity contribution is -0.151. The standard InChI is InChI=1S/C28H27ClN2O5/c1-17-5-9-24(12-19(17)3)36-23-10-7-22(8-11-23)31-15-20(13-27(31)33)28(34)35-16-26(32)30-21-6-4-18(2)25(29)14-21/h4-12,14,20H,13,15-16H2,1-3H3,(H,30,32)/t20-/m1/s1. The highest BCUT2D eigenvalue weighted by Gasteiger charge is 2.36. The van der Waals surface area contributed by atoms with Gasteiger partial charge in [0, 0.05) is 29.4 Å². The largest absolute Gasteiger partial charge is 0.457 e. The van der Waals surface area contributed by atoms with E-state index in [-0.39, 0.29) is 18.9 Å². The quantitative estimate of drug-likeness (QED) is 0.422. The lowest BCUT2D eigenvalue weighted by atomic mass is 10.1. The molecule has 0 unspecified atom stereocenters. The molecule has 0 radical (unpaired) electrons. The van der Waals surface area contributed by atoms with Crippen molar-refractivity contribution in [1.29, 1.82) is 0 Å². The van der Waals surface area contributed by atoms with Crippen molar-refractivity contribution in [2.45, 2.75) is 27.2 Å². The first-order chi connectivity index (χ1) is 17.2. The van der Waals surface area contributed by atoms with Crippen molar-refractivity contribution in [1.82, 2.24) is 0 Å². The average Bonchev–Trinajstić information content (AvgIpc) is 3.24. The van der Waals surface area contributed by atoms with E-state index in [0.717, 1.165) is 16.9 Å². The first-order valence-corrected chi connectivity index (χ1v) is 12.0. The lowest BCUT2D eigenvalue weighted by Crippen LogP contribution is -2.28. The molecular weight excluding hydrogens is 480 g/mol. The fourth-order valence-electron chi connectivity index (χ4n) is 3.84. The number of ether oxygens (including phenoxy) is 2. The summed E-state index contributed by atoms with van der Waals surface area (Å²) in [4.78, 5) is 38.8. The Morgan fingerprint density at radius 2 is 1.64 bits per heavy atom. The maximum atomic E-state index is 12.6. The number of benzene rings is 3. The second-order valence-corrected chi connectivity index (χ2v) is 9.27. The number of hydrogen-bond donors (Lipinski definition) is 1. The molecule has 1 atom stereocenters. The zero-order valence-electron chi connectivity index (χ0n) is 20.3. The van der Waals surface area contributed by atoms with Crippen molar-refractivity contribution in [3.8, 4) is 11.5 Å². The highest BCUT2D eigenvalue weighted by Crippen LogP contribution is 2.30. The van der Waals surface area contributed by atoms with Crippen LogP contribution in [-0.2, 0) is 19.1 Å². The van der Waals surface area contributed by atoms with Gasteiger partial charge < -0.3 is 19.7 Å². The summed E-state index contributed by atoms with van der Waals surface area (Å²) in [6.45, 7) is 5.67. The van der Waals surface area contributed by atoms with E-state index in [0.29, 0.717) is 22.1 Å². The summed E-state index contributed by atoms with van der Waals surface area (Å²) in [5.74, 6) is -0.517. The van der Waals surface area contributed by atoms with Crippen molar-refractivity contribution in [3.63, 3.8) is 0 Å². The molecule has 36 heavy (non-hydrogen) atoms. The van der Waals surface area contributed by atoms with Crippen LogP contribution in [0.5, 0.6) is 11.5 Å². The molecule has 1 N–H and O–H groups in total. The number of hydrogen-bond acceptors (Lipinski definition) is 5. The number of esters is 1. The summed E-state index contributed by atoms with van der Waals surface area (Å²) >= 11 is 6.06. The Hall–Kier alpha value is -3.84. The van der Waals surface area contributed by atoms with Crippen LogP contribution >= 0.6 is 11.6 Å². The molecule has 2 amide bonds. The van der Waals surface area contributed by atoms with E-state index in [9.17, 15) is 14.4 Å². The summed E-state index contributed by atoms with van der Waals surface area (Å²) in [6.07, 6.45) is 0.0227. The predicted molar refractivity (Wildman–Crippen MR) is 139 cm³/mol. The number of nitrogens with one attached hydrogen (secondary N) is 1. The van der Waals surface area contributed by atoms with E-state index in [1.165, 1.54) is 5.56 Å². The van der Waals surface area contributed by atoms with Crippen LogP contribution in [0.1, 0.15) is 23.1 Å². The Labute approximate surface area is 215 Å². The van der Waals surface area contributed by atoms with Gasteiger partial charge in [0.05, 0.1) is 5.92 Å². The van der Waals surface area contributed by atoms with Crippen LogP contribution < -0.4 is 15.0 Å². The van der Waals surface area contributed by atoms with E-state index in [2.05, 4.69) is 5.32 Å². The van der Waals surface area contributed by atoms with Gasteiger partial charge in [-0.2, -0.15) is 0 Å². The molecule has 1 aliphatic rings. The van der Waals surface area contributed by atoms with Gasteiger partial charge in [-0.1, -0.05) is 23.7 Å². The molecule has 7 nitrogen and oxygen atoms in total. The van der Waals surface area contributed by atoms with Crippen LogP contribution in [0, 0.1) is 26.7 Å². The molecule has 4 rings (SSSR count). The van der Waals surface area contributed by atoms with Gasteiger partial charge in [-0.05, 0) is 86.0 Å². The summed E-state index contributed by atoms with van der Waals surface area (Å²) in [7, 11) is 0. The SMILES string of the molecule is Cc1ccc(Oc2ccc(N3C[C@H](C(=O)OCC(=O)Nc4ccc(C)c(Cl)c4)CC3=O)cc2)cc1C. The van der Waals surface area contributed by atoms with E-state index < -0.39 is 24.4 Å². The normalized spacial score (nSPS) is 15.1. The molecule has 1 saturated heterocycles.